The van der Waals surface area contributed by atoms with Crippen molar-refractivity contribution in [3.63, 3.8) is 0 Å². The molecule has 0 bridgehead atoms. The zero-order valence-electron chi connectivity index (χ0n) is 25.3. The van der Waals surface area contributed by atoms with E-state index in [2.05, 4.69) is 120 Å². The van der Waals surface area contributed by atoms with Crippen molar-refractivity contribution in [2.24, 2.45) is 0 Å². The van der Waals surface area contributed by atoms with E-state index < -0.39 is 0 Å². The average Bonchev–Trinajstić information content (AvgIpc) is 3.65. The normalized spacial score (nSPS) is 11.4. The molecule has 0 N–H and O–H groups in total. The molecule has 0 atom stereocenters. The number of hydrogen-bond donors (Lipinski definition) is 0. The number of aromatic nitrogens is 1. The van der Waals surface area contributed by atoms with E-state index in [-0.39, 0.29) is 0 Å². The summed E-state index contributed by atoms with van der Waals surface area (Å²) >= 11 is 0. The summed E-state index contributed by atoms with van der Waals surface area (Å²) in [7, 11) is 0. The predicted octanol–water partition coefficient (Wildman–Crippen LogP) is 11.2. The quantitative estimate of drug-likeness (QED) is 0.203. The first-order chi connectivity index (χ1) is 23.2. The van der Waals surface area contributed by atoms with Crippen molar-refractivity contribution in [3.05, 3.63) is 163 Å². The maximum Gasteiger partial charge on any atom is 0.0998 e. The monoisotopic (exact) mass is 595 g/mol. The Labute approximate surface area is 271 Å². The lowest BCUT2D eigenvalue weighted by Gasteiger charge is -2.10. The van der Waals surface area contributed by atoms with Crippen molar-refractivity contribution in [3.8, 4) is 56.6 Å². The summed E-state index contributed by atoms with van der Waals surface area (Å²) < 4.78 is 2.24. The Morgan fingerprint density at radius 1 is 0.362 bits per heavy atom. The van der Waals surface area contributed by atoms with Crippen LogP contribution in [-0.4, -0.2) is 4.40 Å². The molecule has 0 unspecified atom stereocenters. The fourth-order valence-electron chi connectivity index (χ4n) is 7.22. The summed E-state index contributed by atoms with van der Waals surface area (Å²) in [6, 6.07) is 57.2. The van der Waals surface area contributed by atoms with E-state index in [1.807, 2.05) is 48.5 Å². The van der Waals surface area contributed by atoms with Gasteiger partial charge in [0.25, 0.3) is 0 Å². The number of benzene rings is 7. The molecule has 0 saturated heterocycles. The van der Waals surface area contributed by atoms with Crippen molar-refractivity contribution in [1.29, 1.82) is 10.5 Å². The molecule has 0 aliphatic heterocycles. The van der Waals surface area contributed by atoms with E-state index in [9.17, 15) is 10.5 Å². The molecule has 7 aromatic carbocycles. The van der Waals surface area contributed by atoms with Crippen LogP contribution < -0.4 is 0 Å². The third kappa shape index (κ3) is 4.12. The molecule has 2 heterocycles. The lowest BCUT2D eigenvalue weighted by molar-refractivity contribution is 1.36. The van der Waals surface area contributed by atoms with Gasteiger partial charge in [-0.1, -0.05) is 115 Å². The largest absolute Gasteiger partial charge is 0.308 e. The number of fused-ring (bicyclic) bond motifs is 6. The van der Waals surface area contributed by atoms with Crippen LogP contribution in [0.3, 0.4) is 0 Å². The van der Waals surface area contributed by atoms with E-state index in [1.54, 1.807) is 0 Å². The Hall–Kier alpha value is -6.68. The minimum Gasteiger partial charge on any atom is -0.308 e. The summed E-state index contributed by atoms with van der Waals surface area (Å²) in [5.74, 6) is 0. The first-order valence-electron chi connectivity index (χ1n) is 15.6. The molecular formula is C44H25N3. The van der Waals surface area contributed by atoms with Gasteiger partial charge in [-0.15, -0.1) is 0 Å². The van der Waals surface area contributed by atoms with Gasteiger partial charge in [-0.3, -0.25) is 0 Å². The molecule has 0 saturated carbocycles. The molecule has 47 heavy (non-hydrogen) atoms. The smallest absolute Gasteiger partial charge is 0.0998 e. The van der Waals surface area contributed by atoms with Crippen LogP contribution in [0.5, 0.6) is 0 Å². The first-order valence-corrected chi connectivity index (χ1v) is 15.6. The van der Waals surface area contributed by atoms with Crippen LogP contribution in [0.1, 0.15) is 11.1 Å². The van der Waals surface area contributed by atoms with Crippen LogP contribution in [-0.2, 0) is 0 Å². The van der Waals surface area contributed by atoms with Crippen LogP contribution in [0.15, 0.2) is 152 Å². The minimum absolute atomic E-state index is 0.617. The van der Waals surface area contributed by atoms with Crippen LogP contribution in [0.2, 0.25) is 0 Å². The molecule has 216 valence electrons. The van der Waals surface area contributed by atoms with Crippen molar-refractivity contribution < 1.29 is 0 Å². The topological polar surface area (TPSA) is 52.0 Å². The molecule has 0 aliphatic carbocycles. The van der Waals surface area contributed by atoms with Gasteiger partial charge in [0, 0.05) is 32.7 Å². The second kappa shape index (κ2) is 10.5. The fraction of sp³-hybridized carbons (Fsp3) is 0. The van der Waals surface area contributed by atoms with Gasteiger partial charge in [0.05, 0.1) is 39.8 Å². The Morgan fingerprint density at radius 2 is 0.766 bits per heavy atom. The molecule has 0 spiro atoms. The third-order valence-corrected chi connectivity index (χ3v) is 9.40. The molecule has 9 rings (SSSR count). The van der Waals surface area contributed by atoms with Crippen molar-refractivity contribution in [2.75, 3.05) is 0 Å². The van der Waals surface area contributed by atoms with Crippen molar-refractivity contribution >= 4 is 38.1 Å². The van der Waals surface area contributed by atoms with E-state index in [4.69, 9.17) is 0 Å². The van der Waals surface area contributed by atoms with Gasteiger partial charge >= 0.3 is 0 Å². The lowest BCUT2D eigenvalue weighted by atomic mass is 9.93. The van der Waals surface area contributed by atoms with E-state index in [0.29, 0.717) is 11.1 Å². The number of rotatable bonds is 4. The second-order valence-electron chi connectivity index (χ2n) is 12.0. The standard InChI is InChI=1S/C44H25N3/c45-26-34-22-42-40(24-38(34)32-16-7-14-30(20-32)28-10-3-1-4-11-28)36-18-9-19-37-41-25-39(35(27-46)23-43(41)47(42)44(36)37)33-17-8-15-31(21-33)29-12-5-2-6-13-29/h1-25H. The predicted molar refractivity (Wildman–Crippen MR) is 192 cm³/mol. The lowest BCUT2D eigenvalue weighted by Crippen LogP contribution is -1.90. The molecular weight excluding hydrogens is 571 g/mol. The summed E-state index contributed by atoms with van der Waals surface area (Å²) in [5.41, 5.74) is 12.6. The van der Waals surface area contributed by atoms with E-state index in [0.717, 1.165) is 82.6 Å². The number of nitrogens with zero attached hydrogens (tertiary/aromatic N) is 3. The Kier molecular flexibility index (Phi) is 5.94. The zero-order chi connectivity index (χ0) is 31.5. The summed E-state index contributed by atoms with van der Waals surface area (Å²) in [4.78, 5) is 0. The molecule has 3 heteroatoms. The van der Waals surface area contributed by atoms with Crippen LogP contribution in [0.4, 0.5) is 0 Å². The Morgan fingerprint density at radius 3 is 1.21 bits per heavy atom. The molecule has 0 fully saturated rings. The SMILES string of the molecule is N#Cc1cc2c(cc1-c1cccc(-c3ccccc3)c1)c1cccc3c4cc(-c5cccc(-c6ccccc6)c5)c(C#N)cc4n2c13. The van der Waals surface area contributed by atoms with E-state index in [1.165, 1.54) is 0 Å². The molecule has 0 radical (unpaired) electrons. The first kappa shape index (κ1) is 26.7. The highest BCUT2D eigenvalue weighted by molar-refractivity contribution is 6.24. The van der Waals surface area contributed by atoms with Gasteiger partial charge in [-0.05, 0) is 69.8 Å². The Balaban J connectivity index is 1.27. The minimum atomic E-state index is 0.617. The fourth-order valence-corrected chi connectivity index (χ4v) is 7.22. The van der Waals surface area contributed by atoms with Gasteiger partial charge < -0.3 is 4.40 Å². The van der Waals surface area contributed by atoms with Crippen molar-refractivity contribution in [1.82, 2.24) is 4.40 Å². The van der Waals surface area contributed by atoms with E-state index >= 15 is 0 Å². The summed E-state index contributed by atoms with van der Waals surface area (Å²) in [6.07, 6.45) is 0. The molecule has 2 aromatic heterocycles. The molecule has 0 aliphatic rings. The Bertz CT molecular complexity index is 2550. The second-order valence-corrected chi connectivity index (χ2v) is 12.0. The highest BCUT2D eigenvalue weighted by Crippen LogP contribution is 2.43. The zero-order valence-corrected chi connectivity index (χ0v) is 25.3. The summed E-state index contributed by atoms with van der Waals surface area (Å²) in [5, 5.41) is 25.3. The summed E-state index contributed by atoms with van der Waals surface area (Å²) in [6.45, 7) is 0. The van der Waals surface area contributed by atoms with Gasteiger partial charge in [-0.25, -0.2) is 0 Å². The highest BCUT2D eigenvalue weighted by atomic mass is 14.9. The molecule has 3 nitrogen and oxygen atoms in total. The van der Waals surface area contributed by atoms with Crippen LogP contribution in [0.25, 0.3) is 82.6 Å². The third-order valence-electron chi connectivity index (χ3n) is 9.40. The maximum atomic E-state index is 10.4. The van der Waals surface area contributed by atoms with Crippen LogP contribution >= 0.6 is 0 Å². The number of nitriles is 2. The molecule has 0 amide bonds. The maximum absolute atomic E-state index is 10.4. The average molecular weight is 596 g/mol. The van der Waals surface area contributed by atoms with Gasteiger partial charge in [-0.2, -0.15) is 10.5 Å². The van der Waals surface area contributed by atoms with Gasteiger partial charge in [0.1, 0.15) is 0 Å². The van der Waals surface area contributed by atoms with Crippen LogP contribution in [0, 0.1) is 22.7 Å². The number of para-hydroxylation sites is 1. The van der Waals surface area contributed by atoms with Gasteiger partial charge in [0.15, 0.2) is 0 Å². The highest BCUT2D eigenvalue weighted by Gasteiger charge is 2.21. The van der Waals surface area contributed by atoms with Crippen molar-refractivity contribution in [2.45, 2.75) is 0 Å². The number of hydrogen-bond acceptors (Lipinski definition) is 2. The molecule has 9 aromatic rings. The van der Waals surface area contributed by atoms with Gasteiger partial charge in [0.2, 0.25) is 0 Å².